The quantitative estimate of drug-likeness (QED) is 0.335. The molecule has 0 fully saturated rings. The van der Waals surface area contributed by atoms with E-state index >= 15 is 0 Å². The van der Waals surface area contributed by atoms with Gasteiger partial charge in [0.2, 0.25) is 0 Å². The molecule has 0 aliphatic carbocycles. The van der Waals surface area contributed by atoms with Crippen LogP contribution in [0.1, 0.15) is 39.5 Å². The van der Waals surface area contributed by atoms with Gasteiger partial charge in [-0.3, -0.25) is 0 Å². The summed E-state index contributed by atoms with van der Waals surface area (Å²) in [6.45, 7) is 5.44. The van der Waals surface area contributed by atoms with Gasteiger partial charge in [0, 0.05) is 19.8 Å². The first kappa shape index (κ1) is 12.2. The molecule has 0 radical (unpaired) electrons. The number of unbranched alkanes of at least 4 members (excludes halogenated alkanes) is 2. The second-order valence-corrected chi connectivity index (χ2v) is 3.25. The maximum Gasteiger partial charge on any atom is 0.0902 e. The van der Waals surface area contributed by atoms with Crippen molar-refractivity contribution in [3.63, 3.8) is 0 Å². The Morgan fingerprint density at radius 2 is 2.00 bits per heavy atom. The molecule has 0 saturated heterocycles. The van der Waals surface area contributed by atoms with E-state index in [1.54, 1.807) is 0 Å². The highest BCUT2D eigenvalue weighted by atomic mass is 15.1. The zero-order valence-corrected chi connectivity index (χ0v) is 9.16. The second-order valence-electron chi connectivity index (χ2n) is 3.25. The van der Waals surface area contributed by atoms with Crippen molar-refractivity contribution in [1.29, 1.82) is 0 Å². The van der Waals surface area contributed by atoms with Gasteiger partial charge in [0.25, 0.3) is 0 Å². The van der Waals surface area contributed by atoms with Gasteiger partial charge in [0.05, 0.1) is 6.34 Å². The van der Waals surface area contributed by atoms with Crippen LogP contribution in [0.5, 0.6) is 0 Å². The summed E-state index contributed by atoms with van der Waals surface area (Å²) in [7, 11) is 2.07. The fourth-order valence-corrected chi connectivity index (χ4v) is 0.988. The molecule has 0 amide bonds. The summed E-state index contributed by atoms with van der Waals surface area (Å²) in [6, 6.07) is 0. The Morgan fingerprint density at radius 1 is 1.23 bits per heavy atom. The molecule has 0 spiro atoms. The van der Waals surface area contributed by atoms with Gasteiger partial charge in [-0.25, -0.2) is 4.99 Å². The smallest absolute Gasteiger partial charge is 0.0902 e. The lowest BCUT2D eigenvalue weighted by atomic mass is 10.2. The molecular weight excluding hydrogens is 160 g/mol. The Hall–Kier alpha value is -0.790. The van der Waals surface area contributed by atoms with E-state index in [0.29, 0.717) is 0 Å². The van der Waals surface area contributed by atoms with Gasteiger partial charge in [-0.15, -0.1) is 0 Å². The van der Waals surface area contributed by atoms with Crippen molar-refractivity contribution in [3.05, 3.63) is 12.3 Å². The lowest BCUT2D eigenvalue weighted by Gasteiger charge is -2.11. The van der Waals surface area contributed by atoms with Gasteiger partial charge in [0.1, 0.15) is 0 Å². The molecule has 2 nitrogen and oxygen atoms in total. The summed E-state index contributed by atoms with van der Waals surface area (Å²) in [5, 5.41) is 0. The Balaban J connectivity index is 3.43. The third kappa shape index (κ3) is 9.12. The summed E-state index contributed by atoms with van der Waals surface area (Å²) in [5.74, 6) is 0. The van der Waals surface area contributed by atoms with Gasteiger partial charge in [0.15, 0.2) is 0 Å². The van der Waals surface area contributed by atoms with Crippen LogP contribution in [0.2, 0.25) is 0 Å². The Kier molecular flexibility index (Phi) is 8.73. The summed E-state index contributed by atoms with van der Waals surface area (Å²) >= 11 is 0. The highest BCUT2D eigenvalue weighted by Crippen LogP contribution is 1.94. The van der Waals surface area contributed by atoms with E-state index in [0.717, 1.165) is 13.0 Å². The van der Waals surface area contributed by atoms with Crippen molar-refractivity contribution >= 4 is 6.34 Å². The van der Waals surface area contributed by atoms with Crippen molar-refractivity contribution in [2.45, 2.75) is 39.5 Å². The van der Waals surface area contributed by atoms with Crippen LogP contribution in [-0.2, 0) is 0 Å². The monoisotopic (exact) mass is 182 g/mol. The van der Waals surface area contributed by atoms with Crippen molar-refractivity contribution < 1.29 is 0 Å². The molecule has 0 atom stereocenters. The zero-order valence-electron chi connectivity index (χ0n) is 9.16. The molecule has 0 aromatic carbocycles. The number of hydrogen-bond donors (Lipinski definition) is 0. The first-order chi connectivity index (χ1) is 6.31. The molecule has 2 heteroatoms. The topological polar surface area (TPSA) is 15.6 Å². The number of nitrogens with zero attached hydrogens (tertiary/aromatic N) is 2. The number of aliphatic imine (C=N–C) groups is 1. The summed E-state index contributed by atoms with van der Waals surface area (Å²) in [5.41, 5.74) is 0. The molecule has 0 bridgehead atoms. The molecule has 0 aliphatic rings. The maximum atomic E-state index is 4.16. The number of hydrogen-bond acceptors (Lipinski definition) is 1. The fraction of sp³-hybridized carbons (Fsp3) is 0.727. The van der Waals surface area contributed by atoms with E-state index in [-0.39, 0.29) is 0 Å². The lowest BCUT2D eigenvalue weighted by Crippen LogP contribution is -2.16. The molecular formula is C11H22N2. The molecule has 0 N–H and O–H groups in total. The Morgan fingerprint density at radius 3 is 2.62 bits per heavy atom. The third-order valence-corrected chi connectivity index (χ3v) is 1.81. The van der Waals surface area contributed by atoms with Crippen LogP contribution in [0.3, 0.4) is 0 Å². The van der Waals surface area contributed by atoms with Crippen LogP contribution >= 0.6 is 0 Å². The minimum Gasteiger partial charge on any atom is -0.366 e. The standard InChI is InChI=1S/C11H22N2/c1-4-6-8-10-13(3)11-12-9-7-5-2/h7,9,11H,4-6,8,10H2,1-3H3/b9-7+,12-11?. The Labute approximate surface area is 82.4 Å². The molecule has 0 rings (SSSR count). The normalized spacial score (nSPS) is 11.6. The van der Waals surface area contributed by atoms with E-state index in [2.05, 4.69) is 36.9 Å². The van der Waals surface area contributed by atoms with Gasteiger partial charge in [-0.05, 0) is 12.8 Å². The first-order valence-electron chi connectivity index (χ1n) is 5.19. The predicted molar refractivity (Wildman–Crippen MR) is 60.1 cm³/mol. The molecule has 13 heavy (non-hydrogen) atoms. The van der Waals surface area contributed by atoms with Gasteiger partial charge >= 0.3 is 0 Å². The average molecular weight is 182 g/mol. The molecule has 0 heterocycles. The highest BCUT2D eigenvalue weighted by Gasteiger charge is 1.89. The maximum absolute atomic E-state index is 4.16. The minimum atomic E-state index is 1.05. The SMILES string of the molecule is CC/C=C/N=CN(C)CCCCC. The summed E-state index contributed by atoms with van der Waals surface area (Å²) < 4.78 is 0. The van der Waals surface area contributed by atoms with Crippen LogP contribution in [-0.4, -0.2) is 24.8 Å². The van der Waals surface area contributed by atoms with E-state index in [9.17, 15) is 0 Å². The molecule has 0 aromatic rings. The van der Waals surface area contributed by atoms with Crippen LogP contribution < -0.4 is 0 Å². The van der Waals surface area contributed by atoms with Gasteiger partial charge in [-0.2, -0.15) is 0 Å². The predicted octanol–water partition coefficient (Wildman–Crippen LogP) is 3.06. The molecule has 76 valence electrons. The highest BCUT2D eigenvalue weighted by molar-refractivity contribution is 5.55. The second kappa shape index (κ2) is 9.30. The van der Waals surface area contributed by atoms with Crippen LogP contribution in [0, 0.1) is 0 Å². The van der Waals surface area contributed by atoms with Crippen LogP contribution in [0.4, 0.5) is 0 Å². The van der Waals surface area contributed by atoms with E-state index in [4.69, 9.17) is 0 Å². The van der Waals surface area contributed by atoms with Crippen LogP contribution in [0.15, 0.2) is 17.3 Å². The average Bonchev–Trinajstić information content (AvgIpc) is 2.13. The fourth-order valence-electron chi connectivity index (χ4n) is 0.988. The number of allylic oxidation sites excluding steroid dienone is 1. The van der Waals surface area contributed by atoms with E-state index in [1.807, 2.05) is 12.5 Å². The summed E-state index contributed by atoms with van der Waals surface area (Å²) in [4.78, 5) is 6.29. The van der Waals surface area contributed by atoms with Crippen molar-refractivity contribution in [1.82, 2.24) is 4.90 Å². The first-order valence-corrected chi connectivity index (χ1v) is 5.19. The minimum absolute atomic E-state index is 1.05. The van der Waals surface area contributed by atoms with Gasteiger partial charge < -0.3 is 4.90 Å². The zero-order chi connectivity index (χ0) is 9.94. The lowest BCUT2D eigenvalue weighted by molar-refractivity contribution is 0.488. The molecule has 0 aromatic heterocycles. The molecule has 0 aliphatic heterocycles. The third-order valence-electron chi connectivity index (χ3n) is 1.81. The van der Waals surface area contributed by atoms with Crippen molar-refractivity contribution in [3.8, 4) is 0 Å². The Bertz CT molecular complexity index is 150. The van der Waals surface area contributed by atoms with Crippen LogP contribution in [0.25, 0.3) is 0 Å². The molecule has 0 unspecified atom stereocenters. The summed E-state index contributed by atoms with van der Waals surface area (Å²) in [6.07, 6.45) is 10.7. The van der Waals surface area contributed by atoms with Crippen molar-refractivity contribution in [2.24, 2.45) is 4.99 Å². The van der Waals surface area contributed by atoms with Gasteiger partial charge in [-0.1, -0.05) is 32.8 Å². The van der Waals surface area contributed by atoms with E-state index in [1.165, 1.54) is 19.3 Å². The largest absolute Gasteiger partial charge is 0.366 e. The number of rotatable bonds is 7. The van der Waals surface area contributed by atoms with Crippen molar-refractivity contribution in [2.75, 3.05) is 13.6 Å². The van der Waals surface area contributed by atoms with E-state index < -0.39 is 0 Å². The molecule has 0 saturated carbocycles.